The number of benzene rings is 1. The number of rotatable bonds is 2. The second-order valence-electron chi connectivity index (χ2n) is 4.34. The van der Waals surface area contributed by atoms with E-state index in [-0.39, 0.29) is 5.89 Å². The van der Waals surface area contributed by atoms with Gasteiger partial charge in [0, 0.05) is 18.0 Å². The highest BCUT2D eigenvalue weighted by atomic mass is 16.6. The minimum Gasteiger partial charge on any atom is -0.486 e. The van der Waals surface area contributed by atoms with Crippen LogP contribution >= 0.6 is 0 Å². The highest BCUT2D eigenvalue weighted by Gasteiger charge is 2.16. The molecule has 0 radical (unpaired) electrons. The maximum absolute atomic E-state index is 5.60. The van der Waals surface area contributed by atoms with E-state index in [1.807, 2.05) is 18.2 Å². The molecule has 0 N–H and O–H groups in total. The summed E-state index contributed by atoms with van der Waals surface area (Å²) in [5.74, 6) is 2.45. The lowest BCUT2D eigenvalue weighted by Crippen LogP contribution is -2.15. The Morgan fingerprint density at radius 1 is 0.857 bits per heavy atom. The smallest absolute Gasteiger partial charge is 0.286 e. The third-order valence-electron chi connectivity index (χ3n) is 2.97. The predicted molar refractivity (Wildman–Crippen MR) is 71.8 cm³/mol. The van der Waals surface area contributed by atoms with Gasteiger partial charge in [-0.2, -0.15) is 0 Å². The fourth-order valence-corrected chi connectivity index (χ4v) is 2.02. The van der Waals surface area contributed by atoms with E-state index >= 15 is 0 Å². The van der Waals surface area contributed by atoms with Gasteiger partial charge in [0.15, 0.2) is 11.5 Å². The van der Waals surface area contributed by atoms with Gasteiger partial charge in [-0.3, -0.25) is 0 Å². The quantitative estimate of drug-likeness (QED) is 0.710. The molecule has 7 heteroatoms. The molecule has 4 rings (SSSR count). The van der Waals surface area contributed by atoms with E-state index in [9.17, 15) is 0 Å². The lowest BCUT2D eigenvalue weighted by Gasteiger charge is -2.18. The van der Waals surface area contributed by atoms with Gasteiger partial charge in [0.05, 0.1) is 0 Å². The van der Waals surface area contributed by atoms with Crippen molar-refractivity contribution in [3.63, 3.8) is 0 Å². The Labute approximate surface area is 119 Å². The number of hydrogen-bond acceptors (Lipinski definition) is 7. The molecule has 1 aromatic carbocycles. The van der Waals surface area contributed by atoms with E-state index in [4.69, 9.17) is 13.9 Å². The summed E-state index contributed by atoms with van der Waals surface area (Å²) in [6.07, 6.45) is 3.24. The van der Waals surface area contributed by atoms with Crippen LogP contribution in [0.25, 0.3) is 23.2 Å². The topological polar surface area (TPSA) is 83.2 Å². The summed E-state index contributed by atoms with van der Waals surface area (Å²) in [4.78, 5) is 8.15. The summed E-state index contributed by atoms with van der Waals surface area (Å²) in [7, 11) is 0. The second-order valence-corrected chi connectivity index (χ2v) is 4.34. The van der Waals surface area contributed by atoms with Gasteiger partial charge in [-0.05, 0) is 24.3 Å². The standard InChI is InChI=1S/C14H10N4O3/c1-4-15-12(16-5-1)14-18-17-13(21-14)9-2-3-10-11(8-9)20-7-6-19-10/h1-5,8H,6-7H2. The summed E-state index contributed by atoms with van der Waals surface area (Å²) in [5.41, 5.74) is 0.758. The first kappa shape index (κ1) is 11.8. The van der Waals surface area contributed by atoms with Gasteiger partial charge in [0.1, 0.15) is 13.2 Å². The zero-order chi connectivity index (χ0) is 14.1. The Bertz CT molecular complexity index is 773. The minimum atomic E-state index is 0.278. The molecule has 2 aromatic heterocycles. The SMILES string of the molecule is c1cnc(-c2nnc(-c3ccc4c(c3)OCCO4)o2)nc1. The van der Waals surface area contributed by atoms with Crippen LogP contribution in [-0.4, -0.2) is 33.4 Å². The molecule has 0 atom stereocenters. The van der Waals surface area contributed by atoms with Crippen LogP contribution in [0.4, 0.5) is 0 Å². The Balaban J connectivity index is 1.70. The third-order valence-corrected chi connectivity index (χ3v) is 2.97. The molecule has 0 spiro atoms. The average Bonchev–Trinajstić information content (AvgIpc) is 3.05. The highest BCUT2D eigenvalue weighted by molar-refractivity contribution is 5.60. The normalized spacial score (nSPS) is 13.1. The zero-order valence-corrected chi connectivity index (χ0v) is 10.9. The molecule has 0 aliphatic carbocycles. The van der Waals surface area contributed by atoms with Crippen molar-refractivity contribution >= 4 is 0 Å². The summed E-state index contributed by atoms with van der Waals surface area (Å²) >= 11 is 0. The molecule has 0 amide bonds. The van der Waals surface area contributed by atoms with E-state index < -0.39 is 0 Å². The molecule has 3 heterocycles. The first-order valence-corrected chi connectivity index (χ1v) is 6.41. The highest BCUT2D eigenvalue weighted by Crippen LogP contribution is 2.34. The van der Waals surface area contributed by atoms with Crippen molar-refractivity contribution in [2.24, 2.45) is 0 Å². The van der Waals surface area contributed by atoms with Crippen molar-refractivity contribution in [1.29, 1.82) is 0 Å². The van der Waals surface area contributed by atoms with Crippen molar-refractivity contribution < 1.29 is 13.9 Å². The van der Waals surface area contributed by atoms with E-state index in [0.29, 0.717) is 30.7 Å². The number of hydrogen-bond donors (Lipinski definition) is 0. The van der Waals surface area contributed by atoms with Crippen LogP contribution in [0.15, 0.2) is 41.1 Å². The van der Waals surface area contributed by atoms with Crippen LogP contribution in [0.5, 0.6) is 11.5 Å². The lowest BCUT2D eigenvalue weighted by molar-refractivity contribution is 0.171. The number of nitrogens with zero attached hydrogens (tertiary/aromatic N) is 4. The Morgan fingerprint density at radius 2 is 1.62 bits per heavy atom. The summed E-state index contributed by atoms with van der Waals surface area (Å²) in [5, 5.41) is 7.98. The average molecular weight is 282 g/mol. The fraction of sp³-hybridized carbons (Fsp3) is 0.143. The third kappa shape index (κ3) is 2.18. The van der Waals surface area contributed by atoms with Gasteiger partial charge in [-0.1, -0.05) is 0 Å². The maximum Gasteiger partial charge on any atom is 0.286 e. The molecule has 1 aliphatic heterocycles. The maximum atomic E-state index is 5.60. The predicted octanol–water partition coefficient (Wildman–Crippen LogP) is 1.96. The molecule has 7 nitrogen and oxygen atoms in total. The van der Waals surface area contributed by atoms with Gasteiger partial charge < -0.3 is 13.9 Å². The monoisotopic (exact) mass is 282 g/mol. The van der Waals surface area contributed by atoms with Crippen molar-refractivity contribution in [1.82, 2.24) is 20.2 Å². The van der Waals surface area contributed by atoms with Crippen LogP contribution in [0.3, 0.4) is 0 Å². The van der Waals surface area contributed by atoms with Crippen LogP contribution in [0.1, 0.15) is 0 Å². The van der Waals surface area contributed by atoms with Crippen molar-refractivity contribution in [3.05, 3.63) is 36.7 Å². The Kier molecular flexibility index (Phi) is 2.74. The van der Waals surface area contributed by atoms with Crippen molar-refractivity contribution in [2.45, 2.75) is 0 Å². The Hall–Kier alpha value is -2.96. The first-order valence-electron chi connectivity index (χ1n) is 6.41. The molecule has 1 aliphatic rings. The van der Waals surface area contributed by atoms with Crippen molar-refractivity contribution in [3.8, 4) is 34.7 Å². The van der Waals surface area contributed by atoms with Crippen LogP contribution in [0, 0.1) is 0 Å². The van der Waals surface area contributed by atoms with Gasteiger partial charge in [0.25, 0.3) is 5.89 Å². The molecule has 21 heavy (non-hydrogen) atoms. The number of ether oxygens (including phenoxy) is 2. The van der Waals surface area contributed by atoms with Gasteiger partial charge in [-0.25, -0.2) is 9.97 Å². The molecule has 0 fully saturated rings. The number of aromatic nitrogens is 4. The van der Waals surface area contributed by atoms with E-state index in [0.717, 1.165) is 11.3 Å². The van der Waals surface area contributed by atoms with Gasteiger partial charge >= 0.3 is 0 Å². The molecule has 0 saturated heterocycles. The van der Waals surface area contributed by atoms with E-state index in [2.05, 4.69) is 20.2 Å². The number of fused-ring (bicyclic) bond motifs is 1. The summed E-state index contributed by atoms with van der Waals surface area (Å²) in [6, 6.07) is 7.21. The molecular formula is C14H10N4O3. The van der Waals surface area contributed by atoms with Crippen LogP contribution in [-0.2, 0) is 0 Å². The van der Waals surface area contributed by atoms with Crippen LogP contribution in [0.2, 0.25) is 0 Å². The summed E-state index contributed by atoms with van der Waals surface area (Å²) in [6.45, 7) is 1.09. The molecule has 3 aromatic rings. The molecule has 0 saturated carbocycles. The molecule has 104 valence electrons. The van der Waals surface area contributed by atoms with E-state index in [1.54, 1.807) is 18.5 Å². The largest absolute Gasteiger partial charge is 0.486 e. The van der Waals surface area contributed by atoms with Crippen molar-refractivity contribution in [2.75, 3.05) is 13.2 Å². The molecule has 0 bridgehead atoms. The van der Waals surface area contributed by atoms with Crippen LogP contribution < -0.4 is 9.47 Å². The van der Waals surface area contributed by atoms with E-state index in [1.165, 1.54) is 0 Å². The second kappa shape index (κ2) is 4.86. The van der Waals surface area contributed by atoms with Gasteiger partial charge in [0.2, 0.25) is 11.7 Å². The first-order chi connectivity index (χ1) is 10.4. The lowest BCUT2D eigenvalue weighted by atomic mass is 10.2. The van der Waals surface area contributed by atoms with Gasteiger partial charge in [-0.15, -0.1) is 10.2 Å². The minimum absolute atomic E-state index is 0.278. The molecular weight excluding hydrogens is 272 g/mol. The Morgan fingerprint density at radius 3 is 2.48 bits per heavy atom. The molecule has 0 unspecified atom stereocenters. The zero-order valence-electron chi connectivity index (χ0n) is 10.9. The fourth-order valence-electron chi connectivity index (χ4n) is 2.02. The summed E-state index contributed by atoms with van der Waals surface area (Å²) < 4.78 is 16.6.